The van der Waals surface area contributed by atoms with Gasteiger partial charge in [0.15, 0.2) is 11.5 Å². The third-order valence-electron chi connectivity index (χ3n) is 6.27. The molecular formula is C29H30N2O6. The van der Waals surface area contributed by atoms with Gasteiger partial charge in [-0.25, -0.2) is 0 Å². The molecule has 192 valence electrons. The van der Waals surface area contributed by atoms with Crippen molar-refractivity contribution in [2.45, 2.75) is 12.6 Å². The molecule has 1 aliphatic heterocycles. The monoisotopic (exact) mass is 502 g/mol. The Morgan fingerprint density at radius 3 is 2.38 bits per heavy atom. The van der Waals surface area contributed by atoms with Crippen LogP contribution < -0.4 is 19.5 Å². The number of hydrogen-bond acceptors (Lipinski definition) is 6. The maximum atomic E-state index is 13.6. The standard InChI is InChI=1S/C29H30N2O6/c1-30(2)15-16-31-26(21-11-14-23(32)24(17-21)36-3)25(28(34)29(31)35)27(33)20-9-12-22(13-10-20)37-18-19-7-5-4-6-8-19/h4-14,17,26,32-33H,15-16,18H2,1-3H3/b27-25+. The Balaban J connectivity index is 1.69. The number of ether oxygens (including phenoxy) is 2. The first kappa shape index (κ1) is 25.8. The van der Waals surface area contributed by atoms with Crippen molar-refractivity contribution in [2.24, 2.45) is 0 Å². The third kappa shape index (κ3) is 5.59. The first-order valence-electron chi connectivity index (χ1n) is 12.0. The number of Topliss-reactive ketones (excluding diaryl/α,β-unsaturated/α-hetero) is 1. The van der Waals surface area contributed by atoms with E-state index in [9.17, 15) is 19.8 Å². The molecule has 8 nitrogen and oxygen atoms in total. The minimum Gasteiger partial charge on any atom is -0.872 e. The summed E-state index contributed by atoms with van der Waals surface area (Å²) in [6.45, 7) is 1.25. The van der Waals surface area contributed by atoms with Gasteiger partial charge in [-0.2, -0.15) is 0 Å². The number of phenolic OH excluding ortho intramolecular Hbond substituents is 1. The van der Waals surface area contributed by atoms with Gasteiger partial charge in [0.05, 0.1) is 40.3 Å². The largest absolute Gasteiger partial charge is 0.872 e. The van der Waals surface area contributed by atoms with Crippen molar-refractivity contribution in [1.82, 2.24) is 4.90 Å². The van der Waals surface area contributed by atoms with E-state index >= 15 is 0 Å². The highest BCUT2D eigenvalue weighted by Crippen LogP contribution is 2.41. The van der Waals surface area contributed by atoms with Crippen LogP contribution in [0.3, 0.4) is 0 Å². The van der Waals surface area contributed by atoms with Crippen LogP contribution in [0.15, 0.2) is 78.4 Å². The number of nitrogens with one attached hydrogen (secondary N) is 1. The molecular weight excluding hydrogens is 472 g/mol. The van der Waals surface area contributed by atoms with Crippen LogP contribution in [-0.4, -0.2) is 56.0 Å². The molecule has 4 rings (SSSR count). The Kier molecular flexibility index (Phi) is 7.79. The molecule has 0 spiro atoms. The topological polar surface area (TPSA) is 104 Å². The first-order valence-corrected chi connectivity index (χ1v) is 12.0. The fourth-order valence-corrected chi connectivity index (χ4v) is 4.25. The second kappa shape index (κ2) is 11.2. The molecule has 3 aromatic carbocycles. The van der Waals surface area contributed by atoms with Crippen molar-refractivity contribution in [3.63, 3.8) is 0 Å². The predicted molar refractivity (Wildman–Crippen MR) is 136 cm³/mol. The molecule has 0 saturated carbocycles. The summed E-state index contributed by atoms with van der Waals surface area (Å²) >= 11 is 0. The number of likely N-dealkylation sites (N-methyl/N-ethyl adjacent to an activating group) is 1. The van der Waals surface area contributed by atoms with Gasteiger partial charge in [0.2, 0.25) is 5.78 Å². The molecule has 0 bridgehead atoms. The highest BCUT2D eigenvalue weighted by atomic mass is 16.5. The zero-order valence-corrected chi connectivity index (χ0v) is 21.1. The van der Waals surface area contributed by atoms with Crippen molar-refractivity contribution in [2.75, 3.05) is 34.3 Å². The van der Waals surface area contributed by atoms with Gasteiger partial charge in [-0.15, -0.1) is 0 Å². The highest BCUT2D eigenvalue weighted by molar-refractivity contribution is 6.46. The van der Waals surface area contributed by atoms with Crippen LogP contribution in [-0.2, 0) is 16.2 Å². The van der Waals surface area contributed by atoms with Gasteiger partial charge in [-0.3, -0.25) is 9.59 Å². The van der Waals surface area contributed by atoms with E-state index in [0.29, 0.717) is 24.5 Å². The lowest BCUT2D eigenvalue weighted by Crippen LogP contribution is -3.06. The van der Waals surface area contributed by atoms with Crippen LogP contribution in [0.1, 0.15) is 22.7 Å². The molecule has 1 atom stereocenters. The zero-order chi connectivity index (χ0) is 26.5. The number of aromatic hydroxyl groups is 1. The second-order valence-electron chi connectivity index (χ2n) is 9.16. The first-order chi connectivity index (χ1) is 17.8. The number of nitrogens with zero attached hydrogens (tertiary/aromatic N) is 1. The smallest absolute Gasteiger partial charge is 0.295 e. The number of carbonyl (C=O) groups excluding carboxylic acids is 2. The molecule has 0 radical (unpaired) electrons. The summed E-state index contributed by atoms with van der Waals surface area (Å²) in [6.07, 6.45) is 0. The van der Waals surface area contributed by atoms with E-state index in [-0.39, 0.29) is 29.2 Å². The summed E-state index contributed by atoms with van der Waals surface area (Å²) in [5.74, 6) is -1.37. The number of rotatable bonds is 9. The molecule has 1 saturated heterocycles. The maximum absolute atomic E-state index is 13.6. The Bertz CT molecular complexity index is 1300. The number of likely N-dealkylation sites (tertiary alicyclic amines) is 1. The van der Waals surface area contributed by atoms with Crippen molar-refractivity contribution in [1.29, 1.82) is 0 Å². The number of hydrogen-bond donors (Lipinski definition) is 2. The molecule has 8 heteroatoms. The minimum absolute atomic E-state index is 0.0786. The van der Waals surface area contributed by atoms with Crippen molar-refractivity contribution < 1.29 is 34.2 Å². The summed E-state index contributed by atoms with van der Waals surface area (Å²) in [4.78, 5) is 28.7. The molecule has 1 amide bonds. The van der Waals surface area contributed by atoms with Gasteiger partial charge < -0.3 is 29.5 Å². The fraction of sp³-hybridized carbons (Fsp3) is 0.241. The Labute approximate surface area is 216 Å². The van der Waals surface area contributed by atoms with E-state index in [4.69, 9.17) is 9.47 Å². The summed E-state index contributed by atoms with van der Waals surface area (Å²) in [5, 5.41) is 23.7. The van der Waals surface area contributed by atoms with Gasteiger partial charge in [-0.05, 0) is 41.0 Å². The van der Waals surface area contributed by atoms with Gasteiger partial charge in [0.1, 0.15) is 12.4 Å². The molecule has 1 unspecified atom stereocenters. The number of carbonyl (C=O) groups is 2. The molecule has 3 aromatic rings. The van der Waals surface area contributed by atoms with Crippen LogP contribution in [0.4, 0.5) is 0 Å². The van der Waals surface area contributed by atoms with E-state index in [1.54, 1.807) is 36.4 Å². The van der Waals surface area contributed by atoms with Crippen LogP contribution in [0.2, 0.25) is 0 Å². The fourth-order valence-electron chi connectivity index (χ4n) is 4.25. The molecule has 37 heavy (non-hydrogen) atoms. The number of ketones is 1. The quantitative estimate of drug-likeness (QED) is 0.260. The summed E-state index contributed by atoms with van der Waals surface area (Å²) < 4.78 is 11.0. The summed E-state index contributed by atoms with van der Waals surface area (Å²) in [6, 6.07) is 19.9. The Morgan fingerprint density at radius 2 is 1.73 bits per heavy atom. The average molecular weight is 503 g/mol. The van der Waals surface area contributed by atoms with Gasteiger partial charge in [0, 0.05) is 5.57 Å². The van der Waals surface area contributed by atoms with Crippen molar-refractivity contribution in [3.8, 4) is 17.2 Å². The Morgan fingerprint density at radius 1 is 1.03 bits per heavy atom. The Hall–Kier alpha value is -4.30. The second-order valence-corrected chi connectivity index (χ2v) is 9.16. The lowest BCUT2D eigenvalue weighted by atomic mass is 9.95. The van der Waals surface area contributed by atoms with E-state index < -0.39 is 23.5 Å². The van der Waals surface area contributed by atoms with Crippen molar-refractivity contribution >= 4 is 17.4 Å². The zero-order valence-electron chi connectivity index (χ0n) is 21.1. The van der Waals surface area contributed by atoms with Gasteiger partial charge >= 0.3 is 0 Å². The predicted octanol–water partition coefficient (Wildman–Crippen LogP) is 1.35. The molecule has 0 aromatic heterocycles. The molecule has 1 heterocycles. The average Bonchev–Trinajstić information content (AvgIpc) is 3.16. The lowest BCUT2D eigenvalue weighted by molar-refractivity contribution is -0.857. The number of amides is 1. The number of phenols is 1. The SMILES string of the molecule is COc1cc(C2/C(=C(\[O-])c3ccc(OCc4ccccc4)cc3)C(=O)C(=O)N2CC[NH+](C)C)ccc1O. The number of methoxy groups -OCH3 is 1. The van der Waals surface area contributed by atoms with E-state index in [1.165, 1.54) is 18.1 Å². The maximum Gasteiger partial charge on any atom is 0.295 e. The summed E-state index contributed by atoms with van der Waals surface area (Å²) in [5.41, 5.74) is 1.68. The third-order valence-corrected chi connectivity index (χ3v) is 6.27. The van der Waals surface area contributed by atoms with Crippen LogP contribution in [0.5, 0.6) is 17.2 Å². The summed E-state index contributed by atoms with van der Waals surface area (Å²) in [7, 11) is 5.30. The van der Waals surface area contributed by atoms with Crippen LogP contribution >= 0.6 is 0 Å². The minimum atomic E-state index is -0.893. The molecule has 2 N–H and O–H groups in total. The highest BCUT2D eigenvalue weighted by Gasteiger charge is 2.44. The van der Waals surface area contributed by atoms with Gasteiger partial charge in [0.25, 0.3) is 5.91 Å². The van der Waals surface area contributed by atoms with Gasteiger partial charge in [-0.1, -0.05) is 54.3 Å². The molecule has 0 aliphatic carbocycles. The normalized spacial score (nSPS) is 16.9. The van der Waals surface area contributed by atoms with E-state index in [2.05, 4.69) is 0 Å². The van der Waals surface area contributed by atoms with E-state index in [1.807, 2.05) is 44.4 Å². The lowest BCUT2D eigenvalue weighted by Gasteiger charge is -2.28. The van der Waals surface area contributed by atoms with Crippen LogP contribution in [0.25, 0.3) is 5.76 Å². The van der Waals surface area contributed by atoms with E-state index in [0.717, 1.165) is 10.5 Å². The molecule has 1 aliphatic rings. The van der Waals surface area contributed by atoms with Crippen LogP contribution in [0, 0.1) is 0 Å². The van der Waals surface area contributed by atoms with Crippen molar-refractivity contribution in [3.05, 3.63) is 95.1 Å². The number of quaternary nitrogens is 1. The molecule has 1 fully saturated rings. The number of benzene rings is 3.